The van der Waals surface area contributed by atoms with E-state index in [1.807, 2.05) is 49.5 Å². The second-order valence-electron chi connectivity index (χ2n) is 4.98. The molecule has 0 atom stereocenters. The third-order valence-corrected chi connectivity index (χ3v) is 3.49. The quantitative estimate of drug-likeness (QED) is 0.726. The van der Waals surface area contributed by atoms with E-state index in [1.165, 1.54) is 0 Å². The van der Waals surface area contributed by atoms with Crippen LogP contribution in [-0.4, -0.2) is 24.7 Å². The van der Waals surface area contributed by atoms with Gasteiger partial charge in [-0.1, -0.05) is 6.08 Å². The van der Waals surface area contributed by atoms with Crippen LogP contribution in [0.2, 0.25) is 0 Å². The van der Waals surface area contributed by atoms with Crippen molar-refractivity contribution in [3.8, 4) is 0 Å². The highest BCUT2D eigenvalue weighted by molar-refractivity contribution is 5.77. The second-order valence-corrected chi connectivity index (χ2v) is 4.98. The predicted molar refractivity (Wildman–Crippen MR) is 85.8 cm³/mol. The van der Waals surface area contributed by atoms with E-state index < -0.39 is 6.29 Å². The number of hydrogen-bond acceptors (Lipinski definition) is 4. The van der Waals surface area contributed by atoms with Gasteiger partial charge in [-0.2, -0.15) is 0 Å². The van der Waals surface area contributed by atoms with Gasteiger partial charge in [0, 0.05) is 24.3 Å². The van der Waals surface area contributed by atoms with Gasteiger partial charge in [0.2, 0.25) is 0 Å². The van der Waals surface area contributed by atoms with Gasteiger partial charge in [0.1, 0.15) is 0 Å². The van der Waals surface area contributed by atoms with Crippen molar-refractivity contribution in [1.82, 2.24) is 14.5 Å². The van der Waals surface area contributed by atoms with Crippen LogP contribution < -0.4 is 0 Å². The summed E-state index contributed by atoms with van der Waals surface area (Å²) in [6.45, 7) is 2.63. The molecule has 0 fully saturated rings. The zero-order valence-electron chi connectivity index (χ0n) is 12.2. The Morgan fingerprint density at radius 3 is 2.82 bits per heavy atom. The first-order valence-electron chi connectivity index (χ1n) is 7.13. The molecule has 3 aromatic rings. The van der Waals surface area contributed by atoms with Crippen LogP contribution in [0.1, 0.15) is 30.2 Å². The number of rotatable bonds is 4. The van der Waals surface area contributed by atoms with Crippen molar-refractivity contribution in [3.05, 3.63) is 59.7 Å². The molecule has 5 nitrogen and oxygen atoms in total. The molecule has 5 heteroatoms. The summed E-state index contributed by atoms with van der Waals surface area (Å²) in [6.07, 6.45) is 5.92. The van der Waals surface area contributed by atoms with Gasteiger partial charge in [0.25, 0.3) is 0 Å². The Bertz CT molecular complexity index is 822. The van der Waals surface area contributed by atoms with E-state index in [4.69, 9.17) is 0 Å². The zero-order valence-corrected chi connectivity index (χ0v) is 12.2. The minimum absolute atomic E-state index is 0.482. The maximum atomic E-state index is 9.34. The van der Waals surface area contributed by atoms with Crippen molar-refractivity contribution < 1.29 is 10.2 Å². The third kappa shape index (κ3) is 2.90. The van der Waals surface area contributed by atoms with E-state index in [0.29, 0.717) is 17.9 Å². The van der Waals surface area contributed by atoms with Gasteiger partial charge in [-0.05, 0) is 48.9 Å². The number of aromatic nitrogens is 3. The molecule has 2 N–H and O–H groups in total. The molecule has 22 heavy (non-hydrogen) atoms. The topological polar surface area (TPSA) is 71.2 Å². The van der Waals surface area contributed by atoms with Crippen molar-refractivity contribution in [2.45, 2.75) is 19.8 Å². The number of fused-ring (bicyclic) bond motifs is 1. The number of nitrogens with zero attached hydrogens (tertiary/aromatic N) is 3. The van der Waals surface area contributed by atoms with Crippen LogP contribution in [0.5, 0.6) is 0 Å². The lowest BCUT2D eigenvalue weighted by molar-refractivity contribution is -0.0482. The maximum absolute atomic E-state index is 9.34. The molecular formula is C17H17N3O2. The number of aliphatic hydroxyl groups is 2. The van der Waals surface area contributed by atoms with E-state index in [-0.39, 0.29) is 0 Å². The van der Waals surface area contributed by atoms with Crippen molar-refractivity contribution in [2.24, 2.45) is 0 Å². The van der Waals surface area contributed by atoms with Crippen LogP contribution in [0.15, 0.2) is 42.7 Å². The van der Waals surface area contributed by atoms with E-state index in [0.717, 1.165) is 16.6 Å². The van der Waals surface area contributed by atoms with Gasteiger partial charge in [-0.15, -0.1) is 0 Å². The van der Waals surface area contributed by atoms with Crippen LogP contribution in [-0.2, 0) is 6.54 Å². The summed E-state index contributed by atoms with van der Waals surface area (Å²) in [5.74, 6) is 0. The smallest absolute Gasteiger partial charge is 0.194 e. The van der Waals surface area contributed by atoms with Gasteiger partial charge in [0.05, 0.1) is 11.4 Å². The standard InChI is InChI=1S/C17H17N3O2/c1-2-20-11-12(10-15(20)17(21)22)5-7-14-8-6-13-4-3-9-18-16(13)19-14/h3-11,17,21-22H,2H2,1H3/b7-5+. The monoisotopic (exact) mass is 295 g/mol. The minimum atomic E-state index is -1.47. The fourth-order valence-corrected chi connectivity index (χ4v) is 2.38. The Balaban J connectivity index is 1.89. The van der Waals surface area contributed by atoms with Gasteiger partial charge in [-0.25, -0.2) is 9.97 Å². The Kier molecular flexibility index (Phi) is 4.00. The van der Waals surface area contributed by atoms with Crippen LogP contribution >= 0.6 is 0 Å². The first-order chi connectivity index (χ1) is 10.7. The Labute approximate surface area is 128 Å². The van der Waals surface area contributed by atoms with Gasteiger partial charge < -0.3 is 14.8 Å². The van der Waals surface area contributed by atoms with E-state index in [2.05, 4.69) is 9.97 Å². The SMILES string of the molecule is CCn1cc(/C=C/c2ccc3cccnc3n2)cc1C(O)O. The first-order valence-corrected chi connectivity index (χ1v) is 7.13. The van der Waals surface area contributed by atoms with Gasteiger partial charge in [-0.3, -0.25) is 0 Å². The molecule has 0 saturated carbocycles. The molecule has 112 valence electrons. The number of aliphatic hydroxyl groups excluding tert-OH is 1. The average Bonchev–Trinajstić information content (AvgIpc) is 2.96. The van der Waals surface area contributed by atoms with Crippen LogP contribution in [0, 0.1) is 0 Å². The van der Waals surface area contributed by atoms with Gasteiger partial charge >= 0.3 is 0 Å². The molecule has 0 aliphatic rings. The fraction of sp³-hybridized carbons (Fsp3) is 0.176. The first kappa shape index (κ1) is 14.4. The molecule has 0 saturated heterocycles. The lowest BCUT2D eigenvalue weighted by atomic mass is 10.2. The van der Waals surface area contributed by atoms with Gasteiger partial charge in [0.15, 0.2) is 11.9 Å². The lowest BCUT2D eigenvalue weighted by Crippen LogP contribution is -2.04. The van der Waals surface area contributed by atoms with Crippen LogP contribution in [0.4, 0.5) is 0 Å². The summed E-state index contributed by atoms with van der Waals surface area (Å²) in [7, 11) is 0. The highest BCUT2D eigenvalue weighted by Gasteiger charge is 2.09. The number of hydrogen-bond donors (Lipinski definition) is 2. The summed E-state index contributed by atoms with van der Waals surface area (Å²) >= 11 is 0. The third-order valence-electron chi connectivity index (χ3n) is 3.49. The van der Waals surface area contributed by atoms with Crippen LogP contribution in [0.25, 0.3) is 23.2 Å². The number of pyridine rings is 2. The average molecular weight is 295 g/mol. The summed E-state index contributed by atoms with van der Waals surface area (Å²) in [5.41, 5.74) is 2.90. The van der Waals surface area contributed by atoms with Crippen molar-refractivity contribution >= 4 is 23.2 Å². The lowest BCUT2D eigenvalue weighted by Gasteiger charge is -2.06. The Morgan fingerprint density at radius 2 is 2.09 bits per heavy atom. The predicted octanol–water partition coefficient (Wildman–Crippen LogP) is 2.60. The maximum Gasteiger partial charge on any atom is 0.194 e. The second kappa shape index (κ2) is 6.09. The molecule has 3 heterocycles. The summed E-state index contributed by atoms with van der Waals surface area (Å²) in [6, 6.07) is 9.52. The highest BCUT2D eigenvalue weighted by Crippen LogP contribution is 2.18. The van der Waals surface area contributed by atoms with E-state index in [9.17, 15) is 10.2 Å². The van der Waals surface area contributed by atoms with E-state index in [1.54, 1.807) is 16.8 Å². The molecule has 0 spiro atoms. The molecule has 3 aromatic heterocycles. The molecule has 0 aliphatic heterocycles. The molecule has 0 aromatic carbocycles. The fourth-order valence-electron chi connectivity index (χ4n) is 2.38. The van der Waals surface area contributed by atoms with Crippen molar-refractivity contribution in [1.29, 1.82) is 0 Å². The minimum Gasteiger partial charge on any atom is -0.363 e. The summed E-state index contributed by atoms with van der Waals surface area (Å²) in [5, 5.41) is 19.7. The molecular weight excluding hydrogens is 278 g/mol. The number of aryl methyl sites for hydroxylation is 1. The van der Waals surface area contributed by atoms with Crippen molar-refractivity contribution in [3.63, 3.8) is 0 Å². The zero-order chi connectivity index (χ0) is 15.5. The summed E-state index contributed by atoms with van der Waals surface area (Å²) < 4.78 is 1.81. The molecule has 0 unspecified atom stereocenters. The highest BCUT2D eigenvalue weighted by atomic mass is 16.5. The van der Waals surface area contributed by atoms with Crippen molar-refractivity contribution in [2.75, 3.05) is 0 Å². The van der Waals surface area contributed by atoms with E-state index >= 15 is 0 Å². The molecule has 0 aliphatic carbocycles. The Morgan fingerprint density at radius 1 is 1.23 bits per heavy atom. The molecule has 0 amide bonds. The largest absolute Gasteiger partial charge is 0.363 e. The molecule has 0 radical (unpaired) electrons. The Hall–Kier alpha value is -2.50. The molecule has 0 bridgehead atoms. The molecule has 3 rings (SSSR count). The van der Waals surface area contributed by atoms with Crippen LogP contribution in [0.3, 0.4) is 0 Å². The normalized spacial score (nSPS) is 11.8. The summed E-state index contributed by atoms with van der Waals surface area (Å²) in [4.78, 5) is 8.71.